The van der Waals surface area contributed by atoms with E-state index < -0.39 is 17.7 Å². The molecule has 1 unspecified atom stereocenters. The second-order valence-electron chi connectivity index (χ2n) is 6.19. The zero-order valence-corrected chi connectivity index (χ0v) is 14.2. The minimum atomic E-state index is -4.35. The number of piperidine rings is 1. The van der Waals surface area contributed by atoms with Crippen molar-refractivity contribution in [1.29, 1.82) is 0 Å². The number of hydrogen-bond donors (Lipinski definition) is 1. The maximum Gasteiger partial charge on any atom is 0.416 e. The normalized spacial score (nSPS) is 18.2. The first-order valence-corrected chi connectivity index (χ1v) is 8.91. The third kappa shape index (κ3) is 4.04. The van der Waals surface area contributed by atoms with Crippen LogP contribution in [-0.2, 0) is 11.0 Å². The standard InChI is InChI=1S/C18H18F3NO2S/c19-18(20,21)14-5-3-12(4-6-14)16(15-2-1-11-25-15)22-9-7-13(8-10-22)17(23)24/h1-6,11,13,16H,7-10H2,(H,23,24). The second-order valence-corrected chi connectivity index (χ2v) is 7.17. The number of benzene rings is 1. The van der Waals surface area contributed by atoms with Gasteiger partial charge in [0.15, 0.2) is 0 Å². The first-order chi connectivity index (χ1) is 11.9. The SMILES string of the molecule is O=C(O)C1CCN(C(c2ccc(C(F)(F)F)cc2)c2cccs2)CC1. The van der Waals surface area contributed by atoms with Crippen molar-refractivity contribution in [3.8, 4) is 0 Å². The molecule has 0 bridgehead atoms. The quantitative estimate of drug-likeness (QED) is 0.853. The van der Waals surface area contributed by atoms with Crippen molar-refractivity contribution in [1.82, 2.24) is 4.90 Å². The van der Waals surface area contributed by atoms with Gasteiger partial charge < -0.3 is 5.11 Å². The number of carboxylic acids is 1. The number of thiophene rings is 1. The van der Waals surface area contributed by atoms with E-state index >= 15 is 0 Å². The fourth-order valence-corrected chi connectivity index (χ4v) is 4.15. The lowest BCUT2D eigenvalue weighted by Gasteiger charge is -2.36. The smallest absolute Gasteiger partial charge is 0.416 e. The van der Waals surface area contributed by atoms with Crippen LogP contribution in [0, 0.1) is 5.92 Å². The minimum absolute atomic E-state index is 0.142. The van der Waals surface area contributed by atoms with Gasteiger partial charge in [-0.1, -0.05) is 18.2 Å². The largest absolute Gasteiger partial charge is 0.481 e. The number of likely N-dealkylation sites (tertiary alicyclic amines) is 1. The van der Waals surface area contributed by atoms with Crippen LogP contribution in [0.4, 0.5) is 13.2 Å². The molecule has 1 saturated heterocycles. The van der Waals surface area contributed by atoms with Gasteiger partial charge in [-0.25, -0.2) is 0 Å². The van der Waals surface area contributed by atoms with Crippen LogP contribution in [0.2, 0.25) is 0 Å². The summed E-state index contributed by atoms with van der Waals surface area (Å²) in [5.41, 5.74) is 0.134. The van der Waals surface area contributed by atoms with Crippen LogP contribution in [0.1, 0.15) is 34.9 Å². The fraction of sp³-hybridized carbons (Fsp3) is 0.389. The Morgan fingerprint density at radius 3 is 2.28 bits per heavy atom. The molecule has 1 aliphatic heterocycles. The summed E-state index contributed by atoms with van der Waals surface area (Å²) in [7, 11) is 0. The van der Waals surface area contributed by atoms with Crippen molar-refractivity contribution in [3.63, 3.8) is 0 Å². The van der Waals surface area contributed by atoms with Gasteiger partial charge in [0.2, 0.25) is 0 Å². The number of aliphatic carboxylic acids is 1. The predicted octanol–water partition coefficient (Wildman–Crippen LogP) is 4.65. The van der Waals surface area contributed by atoms with Gasteiger partial charge in [0.1, 0.15) is 0 Å². The van der Waals surface area contributed by atoms with Crippen LogP contribution in [0.3, 0.4) is 0 Å². The van der Waals surface area contributed by atoms with E-state index in [0.717, 1.165) is 22.6 Å². The fourth-order valence-electron chi connectivity index (χ4n) is 3.26. The highest BCUT2D eigenvalue weighted by Crippen LogP contribution is 2.36. The molecule has 3 nitrogen and oxygen atoms in total. The first kappa shape index (κ1) is 17.9. The highest BCUT2D eigenvalue weighted by molar-refractivity contribution is 7.10. The van der Waals surface area contributed by atoms with Crippen molar-refractivity contribution in [3.05, 3.63) is 57.8 Å². The van der Waals surface area contributed by atoms with Gasteiger partial charge in [-0.05, 0) is 55.1 Å². The molecule has 0 radical (unpaired) electrons. The summed E-state index contributed by atoms with van der Waals surface area (Å²) in [5.74, 6) is -1.12. The highest BCUT2D eigenvalue weighted by Gasteiger charge is 2.33. The maximum absolute atomic E-state index is 12.8. The average Bonchev–Trinajstić information content (AvgIpc) is 3.09. The van der Waals surface area contributed by atoms with Crippen LogP contribution < -0.4 is 0 Å². The molecule has 0 saturated carbocycles. The Labute approximate surface area is 147 Å². The molecule has 1 fully saturated rings. The molecule has 0 aliphatic carbocycles. The Morgan fingerprint density at radius 1 is 1.16 bits per heavy atom. The molecule has 0 spiro atoms. The summed E-state index contributed by atoms with van der Waals surface area (Å²) in [4.78, 5) is 14.3. The summed E-state index contributed by atoms with van der Waals surface area (Å²) >= 11 is 1.56. The first-order valence-electron chi connectivity index (χ1n) is 8.03. The molecule has 1 aromatic carbocycles. The van der Waals surface area contributed by atoms with Gasteiger partial charge >= 0.3 is 12.1 Å². The Hall–Kier alpha value is -1.86. The highest BCUT2D eigenvalue weighted by atomic mass is 32.1. The number of carboxylic acid groups (broad SMARTS) is 1. The number of nitrogens with zero attached hydrogens (tertiary/aromatic N) is 1. The van der Waals surface area contributed by atoms with Crippen LogP contribution >= 0.6 is 11.3 Å². The van der Waals surface area contributed by atoms with Crippen LogP contribution in [0.25, 0.3) is 0 Å². The predicted molar refractivity (Wildman–Crippen MR) is 89.5 cm³/mol. The van der Waals surface area contributed by atoms with Gasteiger partial charge in [0, 0.05) is 4.88 Å². The van der Waals surface area contributed by atoms with Crippen molar-refractivity contribution in [2.45, 2.75) is 25.1 Å². The number of alkyl halides is 3. The summed E-state index contributed by atoms with van der Waals surface area (Å²) in [6.45, 7) is 1.22. The molecule has 3 rings (SSSR count). The third-order valence-corrected chi connectivity index (χ3v) is 5.54. The number of hydrogen-bond acceptors (Lipinski definition) is 3. The lowest BCUT2D eigenvalue weighted by Crippen LogP contribution is -2.39. The van der Waals surface area contributed by atoms with Crippen LogP contribution in [0.5, 0.6) is 0 Å². The minimum Gasteiger partial charge on any atom is -0.481 e. The zero-order valence-electron chi connectivity index (χ0n) is 13.4. The van der Waals surface area contributed by atoms with Gasteiger partial charge in [-0.2, -0.15) is 13.2 Å². The molecular formula is C18H18F3NO2S. The molecule has 1 aromatic heterocycles. The van der Waals surface area contributed by atoms with E-state index in [9.17, 15) is 18.0 Å². The lowest BCUT2D eigenvalue weighted by molar-refractivity contribution is -0.143. The molecule has 2 aromatic rings. The number of halogens is 3. The van der Waals surface area contributed by atoms with E-state index in [-0.39, 0.29) is 12.0 Å². The lowest BCUT2D eigenvalue weighted by atomic mass is 9.93. The third-order valence-electron chi connectivity index (χ3n) is 4.61. The van der Waals surface area contributed by atoms with E-state index in [4.69, 9.17) is 5.11 Å². The summed E-state index contributed by atoms with van der Waals surface area (Å²) in [5, 5.41) is 11.1. The Bertz CT molecular complexity index is 705. The van der Waals surface area contributed by atoms with Gasteiger partial charge in [0.05, 0.1) is 17.5 Å². The average molecular weight is 369 g/mol. The van der Waals surface area contributed by atoms with Crippen LogP contribution in [0.15, 0.2) is 41.8 Å². The van der Waals surface area contributed by atoms with Crippen molar-refractivity contribution in [2.75, 3.05) is 13.1 Å². The molecule has 25 heavy (non-hydrogen) atoms. The Kier molecular flexibility index (Phi) is 5.15. The molecule has 1 atom stereocenters. The van der Waals surface area contributed by atoms with Crippen molar-refractivity contribution in [2.24, 2.45) is 5.92 Å². The van der Waals surface area contributed by atoms with Crippen LogP contribution in [-0.4, -0.2) is 29.1 Å². The summed E-state index contributed by atoms with van der Waals surface area (Å²) in [6.07, 6.45) is -3.24. The molecule has 2 heterocycles. The summed E-state index contributed by atoms with van der Waals surface area (Å²) in [6, 6.07) is 9.02. The van der Waals surface area contributed by atoms with Crippen molar-refractivity contribution >= 4 is 17.3 Å². The van der Waals surface area contributed by atoms with E-state index in [1.54, 1.807) is 11.3 Å². The Morgan fingerprint density at radius 2 is 1.80 bits per heavy atom. The molecule has 0 amide bonds. The maximum atomic E-state index is 12.8. The van der Waals surface area contributed by atoms with E-state index in [1.807, 2.05) is 17.5 Å². The Balaban J connectivity index is 1.85. The monoisotopic (exact) mass is 369 g/mol. The number of carbonyl (C=O) groups is 1. The number of rotatable bonds is 4. The van der Waals surface area contributed by atoms with Gasteiger partial charge in [0.25, 0.3) is 0 Å². The van der Waals surface area contributed by atoms with E-state index in [0.29, 0.717) is 25.9 Å². The van der Waals surface area contributed by atoms with Gasteiger partial charge in [-0.15, -0.1) is 11.3 Å². The second kappa shape index (κ2) is 7.17. The van der Waals surface area contributed by atoms with Crippen molar-refractivity contribution < 1.29 is 23.1 Å². The summed E-state index contributed by atoms with van der Waals surface area (Å²) < 4.78 is 38.4. The zero-order chi connectivity index (χ0) is 18.0. The molecule has 134 valence electrons. The molecular weight excluding hydrogens is 351 g/mol. The van der Waals surface area contributed by atoms with E-state index in [2.05, 4.69) is 4.90 Å². The van der Waals surface area contributed by atoms with E-state index in [1.165, 1.54) is 12.1 Å². The van der Waals surface area contributed by atoms with Gasteiger partial charge in [-0.3, -0.25) is 9.69 Å². The molecule has 7 heteroatoms. The molecule has 1 N–H and O–H groups in total. The molecule has 1 aliphatic rings. The topological polar surface area (TPSA) is 40.5 Å².